The smallest absolute Gasteiger partial charge is 0.259 e. The largest absolute Gasteiger partial charge is 0.365 e. The van der Waals surface area contributed by atoms with Crippen LogP contribution in [0.3, 0.4) is 0 Å². The number of carbonyl (C=O) groups is 1. The minimum Gasteiger partial charge on any atom is -0.365 e. The molecule has 2 aromatic carbocycles. The monoisotopic (exact) mass is 536 g/mol. The number of aromatic nitrogens is 1. The zero-order valence-corrected chi connectivity index (χ0v) is 23.2. The lowest BCUT2D eigenvalue weighted by atomic mass is 10.1. The molecule has 8 nitrogen and oxygen atoms in total. The van der Waals surface area contributed by atoms with Crippen molar-refractivity contribution < 1.29 is 13.2 Å². The van der Waals surface area contributed by atoms with Crippen LogP contribution in [0.2, 0.25) is 0 Å². The Morgan fingerprint density at radius 1 is 0.947 bits per heavy atom. The van der Waals surface area contributed by atoms with Crippen molar-refractivity contribution in [2.45, 2.75) is 50.5 Å². The van der Waals surface area contributed by atoms with Crippen LogP contribution in [0.15, 0.2) is 58.4 Å². The summed E-state index contributed by atoms with van der Waals surface area (Å²) in [6.45, 7) is 6.79. The van der Waals surface area contributed by atoms with E-state index in [2.05, 4.69) is 36.9 Å². The van der Waals surface area contributed by atoms with Crippen molar-refractivity contribution in [3.05, 3.63) is 70.0 Å². The summed E-state index contributed by atoms with van der Waals surface area (Å²) in [4.78, 5) is 31.3. The van der Waals surface area contributed by atoms with Gasteiger partial charge in [0, 0.05) is 63.1 Å². The maximum atomic E-state index is 13.6. The van der Waals surface area contributed by atoms with Crippen LogP contribution in [0.25, 0.3) is 10.9 Å². The van der Waals surface area contributed by atoms with E-state index < -0.39 is 15.5 Å². The van der Waals surface area contributed by atoms with Gasteiger partial charge in [-0.3, -0.25) is 9.59 Å². The van der Waals surface area contributed by atoms with Crippen molar-refractivity contribution in [1.82, 2.24) is 13.8 Å². The first-order chi connectivity index (χ1) is 18.2. The Hall–Kier alpha value is -3.17. The Kier molecular flexibility index (Phi) is 7.33. The topological polar surface area (TPSA) is 82.9 Å². The standard InChI is InChI=1S/C29H36N4O4S/c1-21-9-8-10-23(17-21)33-16-15-31(19-22(33)2)29(35)26-20-30(3)27-12-11-24(18-25(27)28(26)34)38(36,37)32-13-6-4-5-7-14-32/h8-12,17-18,20,22H,4-7,13-16,19H2,1-3H3. The van der Waals surface area contributed by atoms with Gasteiger partial charge in [0.2, 0.25) is 15.5 Å². The van der Waals surface area contributed by atoms with Crippen LogP contribution >= 0.6 is 0 Å². The number of hydrogen-bond donors (Lipinski definition) is 0. The summed E-state index contributed by atoms with van der Waals surface area (Å²) in [5.74, 6) is -0.316. The number of carbonyl (C=O) groups excluding carboxylic acids is 1. The molecule has 0 N–H and O–H groups in total. The summed E-state index contributed by atoms with van der Waals surface area (Å²) < 4.78 is 30.0. The highest BCUT2D eigenvalue weighted by molar-refractivity contribution is 7.89. The third-order valence-corrected chi connectivity index (χ3v) is 9.74. The lowest BCUT2D eigenvalue weighted by Crippen LogP contribution is -2.54. The predicted molar refractivity (Wildman–Crippen MR) is 150 cm³/mol. The second-order valence-electron chi connectivity index (χ2n) is 10.6. The number of amides is 1. The maximum absolute atomic E-state index is 13.6. The minimum atomic E-state index is -3.72. The lowest BCUT2D eigenvalue weighted by Gasteiger charge is -2.41. The Morgan fingerprint density at radius 3 is 2.37 bits per heavy atom. The molecule has 2 aliphatic rings. The van der Waals surface area contributed by atoms with Crippen molar-refractivity contribution in [3.8, 4) is 0 Å². The fourth-order valence-electron chi connectivity index (χ4n) is 5.72. The molecule has 1 unspecified atom stereocenters. The zero-order valence-electron chi connectivity index (χ0n) is 22.4. The van der Waals surface area contributed by atoms with Crippen LogP contribution in [0.1, 0.15) is 48.5 Å². The fourth-order valence-corrected chi connectivity index (χ4v) is 7.26. The molecule has 38 heavy (non-hydrogen) atoms. The van der Waals surface area contributed by atoms with E-state index in [9.17, 15) is 18.0 Å². The quantitative estimate of drug-likeness (QED) is 0.507. The number of rotatable bonds is 4. The van der Waals surface area contributed by atoms with Crippen molar-refractivity contribution in [2.75, 3.05) is 37.6 Å². The highest BCUT2D eigenvalue weighted by atomic mass is 32.2. The number of pyridine rings is 1. The molecule has 1 aromatic heterocycles. The molecular weight excluding hydrogens is 500 g/mol. The molecule has 202 valence electrons. The average molecular weight is 537 g/mol. The number of piperazine rings is 1. The molecule has 0 radical (unpaired) electrons. The van der Waals surface area contributed by atoms with Crippen LogP contribution in [-0.2, 0) is 17.1 Å². The van der Waals surface area contributed by atoms with Gasteiger partial charge in [-0.15, -0.1) is 0 Å². The Bertz CT molecular complexity index is 1520. The number of benzene rings is 2. The van der Waals surface area contributed by atoms with E-state index in [1.165, 1.54) is 15.9 Å². The van der Waals surface area contributed by atoms with Crippen molar-refractivity contribution >= 4 is 32.5 Å². The minimum absolute atomic E-state index is 0.0699. The molecule has 5 rings (SSSR count). The molecule has 9 heteroatoms. The van der Waals surface area contributed by atoms with E-state index in [4.69, 9.17) is 0 Å². The molecule has 2 aliphatic heterocycles. The second-order valence-corrected chi connectivity index (χ2v) is 12.6. The SMILES string of the molecule is Cc1cccc(N2CCN(C(=O)c3cn(C)c4ccc(S(=O)(=O)N5CCCCCC5)cc4c3=O)CC2C)c1. The van der Waals surface area contributed by atoms with Gasteiger partial charge >= 0.3 is 0 Å². The van der Waals surface area contributed by atoms with E-state index in [0.717, 1.165) is 31.4 Å². The molecule has 1 amide bonds. The van der Waals surface area contributed by atoms with Gasteiger partial charge in [0.05, 0.1) is 10.4 Å². The summed E-state index contributed by atoms with van der Waals surface area (Å²) >= 11 is 0. The highest BCUT2D eigenvalue weighted by Crippen LogP contribution is 2.25. The van der Waals surface area contributed by atoms with Crippen molar-refractivity contribution in [1.29, 1.82) is 0 Å². The number of hydrogen-bond acceptors (Lipinski definition) is 5. The molecule has 1 atom stereocenters. The number of aryl methyl sites for hydroxylation is 2. The fraction of sp³-hybridized carbons (Fsp3) is 0.448. The van der Waals surface area contributed by atoms with Gasteiger partial charge in [0.25, 0.3) is 5.91 Å². The molecular formula is C29H36N4O4S. The summed E-state index contributed by atoms with van der Waals surface area (Å²) in [5.41, 5.74) is 2.55. The van der Waals surface area contributed by atoms with E-state index in [0.29, 0.717) is 38.2 Å². The van der Waals surface area contributed by atoms with E-state index in [1.807, 2.05) is 6.07 Å². The van der Waals surface area contributed by atoms with Crippen LogP contribution in [-0.4, -0.2) is 66.9 Å². The van der Waals surface area contributed by atoms with Gasteiger partial charge in [-0.05, 0) is 62.6 Å². The third-order valence-electron chi connectivity index (χ3n) is 7.84. The Morgan fingerprint density at radius 2 is 1.68 bits per heavy atom. The first kappa shape index (κ1) is 26.4. The van der Waals surface area contributed by atoms with Gasteiger partial charge in [-0.25, -0.2) is 8.42 Å². The summed E-state index contributed by atoms with van der Waals surface area (Å²) in [6.07, 6.45) is 5.29. The van der Waals surface area contributed by atoms with Gasteiger partial charge in [-0.1, -0.05) is 25.0 Å². The number of fused-ring (bicyclic) bond motifs is 1. The molecule has 0 bridgehead atoms. The van der Waals surface area contributed by atoms with Crippen LogP contribution in [0, 0.1) is 6.92 Å². The Balaban J connectivity index is 1.44. The predicted octanol–water partition coefficient (Wildman–Crippen LogP) is 3.76. The lowest BCUT2D eigenvalue weighted by molar-refractivity contribution is 0.0724. The van der Waals surface area contributed by atoms with Crippen molar-refractivity contribution in [2.24, 2.45) is 7.05 Å². The van der Waals surface area contributed by atoms with Crippen LogP contribution < -0.4 is 10.3 Å². The highest BCUT2D eigenvalue weighted by Gasteiger charge is 2.30. The van der Waals surface area contributed by atoms with Crippen LogP contribution in [0.4, 0.5) is 5.69 Å². The summed E-state index contributed by atoms with van der Waals surface area (Å²) in [7, 11) is -1.94. The normalized spacial score (nSPS) is 19.5. The van der Waals surface area contributed by atoms with Gasteiger partial charge in [0.1, 0.15) is 5.56 Å². The summed E-state index contributed by atoms with van der Waals surface area (Å²) in [5, 5.41) is 0.251. The molecule has 3 aromatic rings. The molecule has 3 heterocycles. The van der Waals surface area contributed by atoms with Crippen molar-refractivity contribution in [3.63, 3.8) is 0 Å². The molecule has 2 fully saturated rings. The Labute approximate surface area is 224 Å². The van der Waals surface area contributed by atoms with Gasteiger partial charge < -0.3 is 14.4 Å². The van der Waals surface area contributed by atoms with E-state index in [-0.39, 0.29) is 27.8 Å². The maximum Gasteiger partial charge on any atom is 0.259 e. The first-order valence-corrected chi connectivity index (χ1v) is 14.9. The first-order valence-electron chi connectivity index (χ1n) is 13.4. The average Bonchev–Trinajstić information content (AvgIpc) is 3.20. The molecule has 0 spiro atoms. The molecule has 0 saturated carbocycles. The molecule has 2 saturated heterocycles. The van der Waals surface area contributed by atoms with Crippen LogP contribution in [0.5, 0.6) is 0 Å². The van der Waals surface area contributed by atoms with Gasteiger partial charge in [0.15, 0.2) is 0 Å². The van der Waals surface area contributed by atoms with E-state index >= 15 is 0 Å². The molecule has 0 aliphatic carbocycles. The zero-order chi connectivity index (χ0) is 27.0. The summed E-state index contributed by atoms with van der Waals surface area (Å²) in [6, 6.07) is 13.1. The second kappa shape index (κ2) is 10.5. The number of sulfonamides is 1. The number of anilines is 1. The number of nitrogens with zero attached hydrogens (tertiary/aromatic N) is 4. The van der Waals surface area contributed by atoms with Gasteiger partial charge in [-0.2, -0.15) is 4.31 Å². The third kappa shape index (κ3) is 4.97. The van der Waals surface area contributed by atoms with E-state index in [1.54, 1.807) is 34.8 Å².